The molecule has 0 saturated heterocycles. The van der Waals surface area contributed by atoms with Gasteiger partial charge >= 0.3 is 0 Å². The standard InChI is InChI=1S/C15H24N2O/c1-3-13(11-16)7-5-9-15(18)10-6-8-14(4-2)12-17/h13-14H,3-10H2,1-2H3. The van der Waals surface area contributed by atoms with Crippen LogP contribution in [-0.2, 0) is 4.79 Å². The molecular formula is C15H24N2O. The molecule has 0 aliphatic carbocycles. The van der Waals surface area contributed by atoms with Gasteiger partial charge in [0.25, 0.3) is 0 Å². The fourth-order valence-electron chi connectivity index (χ4n) is 1.94. The van der Waals surface area contributed by atoms with Crippen LogP contribution in [0, 0.1) is 34.5 Å². The van der Waals surface area contributed by atoms with Crippen LogP contribution < -0.4 is 0 Å². The highest BCUT2D eigenvalue weighted by Gasteiger charge is 2.09. The van der Waals surface area contributed by atoms with Crippen molar-refractivity contribution in [1.29, 1.82) is 10.5 Å². The summed E-state index contributed by atoms with van der Waals surface area (Å²) >= 11 is 0. The van der Waals surface area contributed by atoms with Crippen LogP contribution in [-0.4, -0.2) is 5.78 Å². The zero-order chi connectivity index (χ0) is 13.8. The maximum Gasteiger partial charge on any atom is 0.132 e. The van der Waals surface area contributed by atoms with Gasteiger partial charge in [0.1, 0.15) is 5.78 Å². The molecule has 0 fully saturated rings. The molecule has 0 heterocycles. The summed E-state index contributed by atoms with van der Waals surface area (Å²) in [7, 11) is 0. The van der Waals surface area contributed by atoms with E-state index in [2.05, 4.69) is 12.1 Å². The Morgan fingerprint density at radius 1 is 0.944 bits per heavy atom. The van der Waals surface area contributed by atoms with Crippen LogP contribution in [0.15, 0.2) is 0 Å². The summed E-state index contributed by atoms with van der Waals surface area (Å²) in [6.45, 7) is 4.00. The number of nitrogens with zero attached hydrogens (tertiary/aromatic N) is 2. The zero-order valence-electron chi connectivity index (χ0n) is 11.6. The molecule has 0 aliphatic heterocycles. The van der Waals surface area contributed by atoms with Crippen molar-refractivity contribution in [3.8, 4) is 12.1 Å². The van der Waals surface area contributed by atoms with Crippen LogP contribution in [0.2, 0.25) is 0 Å². The summed E-state index contributed by atoms with van der Waals surface area (Å²) in [4.78, 5) is 11.6. The monoisotopic (exact) mass is 248 g/mol. The van der Waals surface area contributed by atoms with Gasteiger partial charge in [-0.3, -0.25) is 4.79 Å². The molecular weight excluding hydrogens is 224 g/mol. The summed E-state index contributed by atoms with van der Waals surface area (Å²) in [6.07, 6.45) is 6.20. The fraction of sp³-hybridized carbons (Fsp3) is 0.800. The Balaban J connectivity index is 3.61. The Labute approximate surface area is 111 Å². The molecule has 0 aromatic heterocycles. The molecule has 0 aromatic rings. The minimum Gasteiger partial charge on any atom is -0.300 e. The Kier molecular flexibility index (Phi) is 9.97. The van der Waals surface area contributed by atoms with Crippen molar-refractivity contribution >= 4 is 5.78 Å². The largest absolute Gasteiger partial charge is 0.300 e. The van der Waals surface area contributed by atoms with Crippen LogP contribution >= 0.6 is 0 Å². The average Bonchev–Trinajstić information content (AvgIpc) is 2.40. The van der Waals surface area contributed by atoms with E-state index < -0.39 is 0 Å². The maximum absolute atomic E-state index is 11.6. The van der Waals surface area contributed by atoms with Crippen molar-refractivity contribution in [2.24, 2.45) is 11.8 Å². The van der Waals surface area contributed by atoms with E-state index in [9.17, 15) is 4.79 Å². The minimum atomic E-state index is 0.0980. The molecule has 0 aromatic carbocycles. The predicted molar refractivity (Wildman–Crippen MR) is 71.5 cm³/mol. The van der Waals surface area contributed by atoms with Crippen molar-refractivity contribution in [1.82, 2.24) is 0 Å². The highest BCUT2D eigenvalue weighted by atomic mass is 16.1. The van der Waals surface area contributed by atoms with E-state index in [1.807, 2.05) is 13.8 Å². The van der Waals surface area contributed by atoms with E-state index in [1.165, 1.54) is 0 Å². The van der Waals surface area contributed by atoms with Gasteiger partial charge in [0.2, 0.25) is 0 Å². The van der Waals surface area contributed by atoms with Gasteiger partial charge in [-0.05, 0) is 38.5 Å². The first-order valence-electron chi connectivity index (χ1n) is 6.98. The second-order valence-electron chi connectivity index (χ2n) is 4.79. The van der Waals surface area contributed by atoms with E-state index >= 15 is 0 Å². The smallest absolute Gasteiger partial charge is 0.132 e. The predicted octanol–water partition coefficient (Wildman–Crippen LogP) is 4.00. The van der Waals surface area contributed by atoms with E-state index in [1.54, 1.807) is 0 Å². The van der Waals surface area contributed by atoms with Gasteiger partial charge in [-0.25, -0.2) is 0 Å². The van der Waals surface area contributed by atoms with Gasteiger partial charge in [0.05, 0.1) is 12.1 Å². The number of Topliss-reactive ketones (excluding diaryl/α,β-unsaturated/α-hetero) is 1. The van der Waals surface area contributed by atoms with Crippen molar-refractivity contribution < 1.29 is 4.79 Å². The van der Waals surface area contributed by atoms with Crippen molar-refractivity contribution in [3.63, 3.8) is 0 Å². The molecule has 0 saturated carbocycles. The van der Waals surface area contributed by atoms with Crippen LogP contribution in [0.1, 0.15) is 65.2 Å². The van der Waals surface area contributed by atoms with Crippen molar-refractivity contribution in [3.05, 3.63) is 0 Å². The molecule has 0 rings (SSSR count). The van der Waals surface area contributed by atoms with Gasteiger partial charge in [-0.15, -0.1) is 0 Å². The summed E-state index contributed by atoms with van der Waals surface area (Å²) < 4.78 is 0. The molecule has 2 unspecified atom stereocenters. The summed E-state index contributed by atoms with van der Waals surface area (Å²) in [6, 6.07) is 4.50. The van der Waals surface area contributed by atoms with Crippen LogP contribution in [0.5, 0.6) is 0 Å². The number of nitriles is 2. The molecule has 0 radical (unpaired) electrons. The highest BCUT2D eigenvalue weighted by molar-refractivity contribution is 5.78. The van der Waals surface area contributed by atoms with E-state index in [4.69, 9.17) is 10.5 Å². The Morgan fingerprint density at radius 2 is 1.33 bits per heavy atom. The lowest BCUT2D eigenvalue weighted by Crippen LogP contribution is -2.02. The van der Waals surface area contributed by atoms with Crippen LogP contribution in [0.25, 0.3) is 0 Å². The molecule has 18 heavy (non-hydrogen) atoms. The Bertz CT molecular complexity index is 281. The quantitative estimate of drug-likeness (QED) is 0.587. The SMILES string of the molecule is CCC(C#N)CCCC(=O)CCCC(C#N)CC. The average molecular weight is 248 g/mol. The number of ketones is 1. The van der Waals surface area contributed by atoms with E-state index in [0.29, 0.717) is 12.8 Å². The molecule has 3 heteroatoms. The lowest BCUT2D eigenvalue weighted by Gasteiger charge is -2.06. The third kappa shape index (κ3) is 7.85. The van der Waals surface area contributed by atoms with Gasteiger partial charge in [-0.2, -0.15) is 10.5 Å². The minimum absolute atomic E-state index is 0.0980. The third-order valence-corrected chi connectivity index (χ3v) is 3.37. The van der Waals surface area contributed by atoms with E-state index in [-0.39, 0.29) is 17.6 Å². The lowest BCUT2D eigenvalue weighted by molar-refractivity contribution is -0.119. The van der Waals surface area contributed by atoms with Crippen molar-refractivity contribution in [2.75, 3.05) is 0 Å². The number of carbonyl (C=O) groups is 1. The van der Waals surface area contributed by atoms with Gasteiger partial charge in [0, 0.05) is 24.7 Å². The molecule has 2 atom stereocenters. The number of hydrogen-bond donors (Lipinski definition) is 0. The van der Waals surface area contributed by atoms with Crippen LogP contribution in [0.4, 0.5) is 0 Å². The first kappa shape index (κ1) is 16.6. The first-order valence-corrected chi connectivity index (χ1v) is 6.98. The molecule has 0 aliphatic rings. The molecule has 0 bridgehead atoms. The fourth-order valence-corrected chi connectivity index (χ4v) is 1.94. The maximum atomic E-state index is 11.6. The molecule has 0 amide bonds. The Hall–Kier alpha value is -1.35. The van der Waals surface area contributed by atoms with E-state index in [0.717, 1.165) is 38.5 Å². The van der Waals surface area contributed by atoms with Gasteiger partial charge < -0.3 is 0 Å². The molecule has 100 valence electrons. The number of hydrogen-bond acceptors (Lipinski definition) is 3. The molecule has 0 N–H and O–H groups in total. The molecule has 0 spiro atoms. The summed E-state index contributed by atoms with van der Waals surface area (Å²) in [5.74, 6) is 0.470. The van der Waals surface area contributed by atoms with Gasteiger partial charge in [-0.1, -0.05) is 13.8 Å². The summed E-state index contributed by atoms with van der Waals surface area (Å²) in [5.41, 5.74) is 0. The first-order chi connectivity index (χ1) is 8.67. The highest BCUT2D eigenvalue weighted by Crippen LogP contribution is 2.15. The topological polar surface area (TPSA) is 64.7 Å². The third-order valence-electron chi connectivity index (χ3n) is 3.37. The second-order valence-corrected chi connectivity index (χ2v) is 4.79. The molecule has 3 nitrogen and oxygen atoms in total. The Morgan fingerprint density at radius 3 is 1.61 bits per heavy atom. The number of carbonyl (C=O) groups excluding carboxylic acids is 1. The van der Waals surface area contributed by atoms with Gasteiger partial charge in [0.15, 0.2) is 0 Å². The normalized spacial score (nSPS) is 13.3. The van der Waals surface area contributed by atoms with Crippen LogP contribution in [0.3, 0.4) is 0 Å². The lowest BCUT2D eigenvalue weighted by atomic mass is 9.97. The summed E-state index contributed by atoms with van der Waals surface area (Å²) in [5, 5.41) is 17.6. The second kappa shape index (κ2) is 10.8. The van der Waals surface area contributed by atoms with Crippen molar-refractivity contribution in [2.45, 2.75) is 65.2 Å². The number of rotatable bonds is 10. The zero-order valence-corrected chi connectivity index (χ0v) is 11.6.